The molecule has 0 rings (SSSR count). The van der Waals surface area contributed by atoms with Crippen molar-refractivity contribution < 1.29 is 8.42 Å². The molecule has 1 N–H and O–H groups in total. The maximum Gasteiger partial charge on any atom is 0.212 e. The van der Waals surface area contributed by atoms with E-state index in [-0.39, 0.29) is 16.7 Å². The number of rotatable bonds is 5. The molecule has 0 spiro atoms. The Labute approximate surface area is 102 Å². The summed E-state index contributed by atoms with van der Waals surface area (Å²) in [5.74, 6) is 0.155. The molecule has 5 heteroatoms. The van der Waals surface area contributed by atoms with E-state index in [9.17, 15) is 8.42 Å². The molecule has 0 aliphatic rings. The average molecular weight is 300 g/mol. The lowest BCUT2D eigenvalue weighted by Gasteiger charge is -2.29. The van der Waals surface area contributed by atoms with Gasteiger partial charge in [-0.05, 0) is 18.8 Å². The van der Waals surface area contributed by atoms with Crippen molar-refractivity contribution in [3.63, 3.8) is 0 Å². The zero-order chi connectivity index (χ0) is 12.3. The molecule has 0 amide bonds. The van der Waals surface area contributed by atoms with Crippen molar-refractivity contribution in [1.82, 2.24) is 4.72 Å². The minimum atomic E-state index is -3.20. The van der Waals surface area contributed by atoms with E-state index >= 15 is 0 Å². The van der Waals surface area contributed by atoms with Crippen molar-refractivity contribution in [1.29, 1.82) is 0 Å². The molecule has 3 nitrogen and oxygen atoms in total. The molecule has 0 saturated heterocycles. The molecule has 0 bridgehead atoms. The molecular weight excluding hydrogens is 278 g/mol. The van der Waals surface area contributed by atoms with E-state index in [1.165, 1.54) is 0 Å². The van der Waals surface area contributed by atoms with Gasteiger partial charge in [-0.25, -0.2) is 13.1 Å². The van der Waals surface area contributed by atoms with Crippen LogP contribution in [0.1, 0.15) is 41.0 Å². The van der Waals surface area contributed by atoms with E-state index in [0.29, 0.717) is 5.33 Å². The predicted molar refractivity (Wildman–Crippen MR) is 68.9 cm³/mol. The molecule has 15 heavy (non-hydrogen) atoms. The summed E-state index contributed by atoms with van der Waals surface area (Å²) < 4.78 is 26.4. The van der Waals surface area contributed by atoms with E-state index in [1.807, 2.05) is 34.6 Å². The SMILES string of the molecule is CCC(C)(CBr)NS(=O)(=O)CC(C)(C)C. The van der Waals surface area contributed by atoms with Crippen LogP contribution in [0.5, 0.6) is 0 Å². The molecule has 0 heterocycles. The van der Waals surface area contributed by atoms with Gasteiger partial charge in [-0.3, -0.25) is 0 Å². The van der Waals surface area contributed by atoms with Crippen LogP contribution in [0.4, 0.5) is 0 Å². The van der Waals surface area contributed by atoms with Crippen LogP contribution in [0.2, 0.25) is 0 Å². The van der Waals surface area contributed by atoms with Gasteiger partial charge in [0.05, 0.1) is 5.75 Å². The van der Waals surface area contributed by atoms with Crippen molar-refractivity contribution in [2.75, 3.05) is 11.1 Å². The van der Waals surface area contributed by atoms with Crippen LogP contribution in [0, 0.1) is 5.41 Å². The van der Waals surface area contributed by atoms with Gasteiger partial charge < -0.3 is 0 Å². The highest BCUT2D eigenvalue weighted by atomic mass is 79.9. The third kappa shape index (κ3) is 6.53. The summed E-state index contributed by atoms with van der Waals surface area (Å²) >= 11 is 3.34. The summed E-state index contributed by atoms with van der Waals surface area (Å²) in [6.45, 7) is 9.64. The van der Waals surface area contributed by atoms with Gasteiger partial charge >= 0.3 is 0 Å². The normalized spacial score (nSPS) is 17.5. The van der Waals surface area contributed by atoms with Crippen LogP contribution < -0.4 is 4.72 Å². The molecule has 0 aromatic carbocycles. The fraction of sp³-hybridized carbons (Fsp3) is 1.00. The highest BCUT2D eigenvalue weighted by molar-refractivity contribution is 9.09. The molecule has 1 unspecified atom stereocenters. The van der Waals surface area contributed by atoms with Gasteiger partial charge in [0.25, 0.3) is 0 Å². The third-order valence-corrected chi connectivity index (χ3v) is 5.39. The quantitative estimate of drug-likeness (QED) is 0.793. The Kier molecular flexibility index (Phi) is 5.28. The molecule has 0 fully saturated rings. The van der Waals surface area contributed by atoms with E-state index in [0.717, 1.165) is 6.42 Å². The van der Waals surface area contributed by atoms with E-state index < -0.39 is 10.0 Å². The summed E-state index contributed by atoms with van der Waals surface area (Å²) in [5.41, 5.74) is -0.600. The van der Waals surface area contributed by atoms with Gasteiger partial charge in [0.2, 0.25) is 10.0 Å². The zero-order valence-corrected chi connectivity index (χ0v) is 12.6. The van der Waals surface area contributed by atoms with Gasteiger partial charge in [0.15, 0.2) is 0 Å². The van der Waals surface area contributed by atoms with Gasteiger partial charge in [0.1, 0.15) is 0 Å². The topological polar surface area (TPSA) is 46.2 Å². The first-order valence-electron chi connectivity index (χ1n) is 5.11. The Bertz CT molecular complexity index is 289. The Hall–Kier alpha value is 0.390. The maximum atomic E-state index is 11.8. The second-order valence-corrected chi connectivity index (χ2v) is 7.75. The smallest absolute Gasteiger partial charge is 0.212 e. The average Bonchev–Trinajstić information content (AvgIpc) is 1.98. The summed E-state index contributed by atoms with van der Waals surface area (Å²) in [6.07, 6.45) is 0.765. The number of alkyl halides is 1. The first-order chi connectivity index (χ1) is 6.54. The fourth-order valence-corrected chi connectivity index (χ4v) is 4.08. The molecule has 0 aromatic rings. The summed E-state index contributed by atoms with van der Waals surface area (Å²) in [6, 6.07) is 0. The summed E-state index contributed by atoms with van der Waals surface area (Å²) in [4.78, 5) is 0. The van der Waals surface area contributed by atoms with Crippen molar-refractivity contribution in [2.45, 2.75) is 46.6 Å². The number of hydrogen-bond acceptors (Lipinski definition) is 2. The number of nitrogens with one attached hydrogen (secondary N) is 1. The first kappa shape index (κ1) is 15.4. The Morgan fingerprint density at radius 1 is 1.20 bits per heavy atom. The van der Waals surface area contributed by atoms with Crippen LogP contribution in [-0.4, -0.2) is 25.0 Å². The van der Waals surface area contributed by atoms with Crippen molar-refractivity contribution >= 4 is 26.0 Å². The number of sulfonamides is 1. The highest BCUT2D eigenvalue weighted by Crippen LogP contribution is 2.19. The largest absolute Gasteiger partial charge is 0.212 e. The lowest BCUT2D eigenvalue weighted by Crippen LogP contribution is -2.49. The Morgan fingerprint density at radius 3 is 1.93 bits per heavy atom. The van der Waals surface area contributed by atoms with Gasteiger partial charge in [-0.2, -0.15) is 0 Å². The second kappa shape index (κ2) is 5.15. The van der Waals surface area contributed by atoms with E-state index in [1.54, 1.807) is 0 Å². The molecule has 0 radical (unpaired) electrons. The summed E-state index contributed by atoms with van der Waals surface area (Å²) in [5, 5.41) is 0.625. The van der Waals surface area contributed by atoms with E-state index in [2.05, 4.69) is 20.7 Å². The number of halogens is 1. The van der Waals surface area contributed by atoms with Crippen LogP contribution in [0.15, 0.2) is 0 Å². The highest BCUT2D eigenvalue weighted by Gasteiger charge is 2.29. The zero-order valence-electron chi connectivity index (χ0n) is 10.2. The minimum absolute atomic E-state index is 0.155. The van der Waals surface area contributed by atoms with Crippen LogP contribution in [0.3, 0.4) is 0 Å². The minimum Gasteiger partial charge on any atom is -0.212 e. The lowest BCUT2D eigenvalue weighted by molar-refractivity contribution is 0.425. The molecule has 1 atom stereocenters. The van der Waals surface area contributed by atoms with E-state index in [4.69, 9.17) is 0 Å². The monoisotopic (exact) mass is 299 g/mol. The Balaban J connectivity index is 4.65. The second-order valence-electron chi connectivity index (χ2n) is 5.47. The molecule has 0 aromatic heterocycles. The van der Waals surface area contributed by atoms with Gasteiger partial charge in [-0.15, -0.1) is 0 Å². The van der Waals surface area contributed by atoms with Crippen LogP contribution in [0.25, 0.3) is 0 Å². The van der Waals surface area contributed by atoms with Gasteiger partial charge in [-0.1, -0.05) is 43.6 Å². The van der Waals surface area contributed by atoms with Gasteiger partial charge in [0, 0.05) is 10.9 Å². The van der Waals surface area contributed by atoms with Crippen LogP contribution in [-0.2, 0) is 10.0 Å². The van der Waals surface area contributed by atoms with Crippen molar-refractivity contribution in [3.8, 4) is 0 Å². The molecule has 0 saturated carbocycles. The maximum absolute atomic E-state index is 11.8. The third-order valence-electron chi connectivity index (χ3n) is 2.10. The standard InChI is InChI=1S/C10H22BrNO2S/c1-6-10(5,7-11)12-15(13,14)8-9(2,3)4/h12H,6-8H2,1-5H3. The molecule has 0 aliphatic carbocycles. The van der Waals surface area contributed by atoms with Crippen LogP contribution >= 0.6 is 15.9 Å². The summed E-state index contributed by atoms with van der Waals surface area (Å²) in [7, 11) is -3.20. The molecule has 92 valence electrons. The first-order valence-corrected chi connectivity index (χ1v) is 7.88. The predicted octanol–water partition coefficient (Wildman–Crippen LogP) is 2.52. The fourth-order valence-electron chi connectivity index (χ4n) is 1.18. The molecule has 0 aliphatic heterocycles. The molecular formula is C10H22BrNO2S. The number of hydrogen-bond donors (Lipinski definition) is 1. The Morgan fingerprint density at radius 2 is 1.67 bits per heavy atom. The van der Waals surface area contributed by atoms with Crippen molar-refractivity contribution in [3.05, 3.63) is 0 Å². The lowest BCUT2D eigenvalue weighted by atomic mass is 10.0. The van der Waals surface area contributed by atoms with Crippen molar-refractivity contribution in [2.24, 2.45) is 5.41 Å².